The van der Waals surface area contributed by atoms with Crippen molar-refractivity contribution in [3.8, 4) is 5.75 Å². The first-order valence-corrected chi connectivity index (χ1v) is 10.3. The van der Waals surface area contributed by atoms with E-state index < -0.39 is 34.8 Å². The number of halogens is 3. The standard InChI is InChI=1S/C22H31F3N2O5/c1-20(2,3)32-19(30)27-8-6-26(7-9-27)13-15-10-16(22(23,24)25)12-17(11-15)31-14-21(4,5)18(28)29/h10-12H,6-9,13-14H2,1-5H3,(H,28,29). The van der Waals surface area contributed by atoms with Crippen molar-refractivity contribution in [1.82, 2.24) is 9.80 Å². The molecule has 0 aromatic heterocycles. The summed E-state index contributed by atoms with van der Waals surface area (Å²) < 4.78 is 50.9. The fraction of sp³-hybridized carbons (Fsp3) is 0.636. The van der Waals surface area contributed by atoms with Gasteiger partial charge in [-0.15, -0.1) is 0 Å². The minimum atomic E-state index is -4.56. The molecule has 1 amide bonds. The second kappa shape index (κ2) is 9.56. The summed E-state index contributed by atoms with van der Waals surface area (Å²) in [6, 6.07) is 3.44. The third-order valence-electron chi connectivity index (χ3n) is 4.90. The number of alkyl halides is 3. The molecule has 0 bridgehead atoms. The zero-order chi connectivity index (χ0) is 24.3. The Balaban J connectivity index is 2.08. The van der Waals surface area contributed by atoms with Crippen molar-refractivity contribution < 1.29 is 37.3 Å². The van der Waals surface area contributed by atoms with Crippen molar-refractivity contribution >= 4 is 12.1 Å². The smallest absolute Gasteiger partial charge is 0.416 e. The van der Waals surface area contributed by atoms with Crippen LogP contribution in [0.4, 0.5) is 18.0 Å². The number of carbonyl (C=O) groups excluding carboxylic acids is 1. The number of benzene rings is 1. The first kappa shape index (κ1) is 25.8. The van der Waals surface area contributed by atoms with Crippen LogP contribution in [0.5, 0.6) is 5.75 Å². The largest absolute Gasteiger partial charge is 0.492 e. The van der Waals surface area contributed by atoms with E-state index in [9.17, 15) is 27.9 Å². The minimum absolute atomic E-state index is 0.0310. The number of carbonyl (C=O) groups is 2. The van der Waals surface area contributed by atoms with Gasteiger partial charge in [-0.1, -0.05) is 0 Å². The third kappa shape index (κ3) is 7.58. The van der Waals surface area contributed by atoms with Gasteiger partial charge in [-0.05, 0) is 58.4 Å². The quantitative estimate of drug-likeness (QED) is 0.684. The van der Waals surface area contributed by atoms with Gasteiger partial charge in [0, 0.05) is 32.7 Å². The predicted molar refractivity (Wildman–Crippen MR) is 111 cm³/mol. The Morgan fingerprint density at radius 1 is 1.00 bits per heavy atom. The van der Waals surface area contributed by atoms with Crippen LogP contribution in [0.2, 0.25) is 0 Å². The predicted octanol–water partition coefficient (Wildman–Crippen LogP) is 4.25. The lowest BCUT2D eigenvalue weighted by atomic mass is 9.95. The molecule has 0 atom stereocenters. The monoisotopic (exact) mass is 460 g/mol. The van der Waals surface area contributed by atoms with Crippen LogP contribution in [0, 0.1) is 5.41 Å². The summed E-state index contributed by atoms with van der Waals surface area (Å²) in [6.45, 7) is 9.98. The van der Waals surface area contributed by atoms with Crippen molar-refractivity contribution in [2.75, 3.05) is 32.8 Å². The lowest BCUT2D eigenvalue weighted by molar-refractivity contribution is -0.148. The number of hydrogen-bond donors (Lipinski definition) is 1. The fourth-order valence-electron chi connectivity index (χ4n) is 3.00. The topological polar surface area (TPSA) is 79.3 Å². The van der Waals surface area contributed by atoms with E-state index in [1.807, 2.05) is 4.90 Å². The first-order valence-electron chi connectivity index (χ1n) is 10.3. The van der Waals surface area contributed by atoms with E-state index in [0.29, 0.717) is 31.7 Å². The normalized spacial score (nSPS) is 16.1. The lowest BCUT2D eigenvalue weighted by Gasteiger charge is -2.35. The Morgan fingerprint density at radius 2 is 1.59 bits per heavy atom. The molecule has 1 N–H and O–H groups in total. The van der Waals surface area contributed by atoms with Crippen LogP contribution in [0.1, 0.15) is 45.7 Å². The van der Waals surface area contributed by atoms with E-state index in [-0.39, 0.29) is 18.9 Å². The van der Waals surface area contributed by atoms with Gasteiger partial charge in [-0.2, -0.15) is 13.2 Å². The number of aliphatic carboxylic acids is 1. The molecule has 180 valence electrons. The molecule has 1 aliphatic heterocycles. The van der Waals surface area contributed by atoms with E-state index >= 15 is 0 Å². The van der Waals surface area contributed by atoms with Crippen molar-refractivity contribution in [3.05, 3.63) is 29.3 Å². The number of hydrogen-bond acceptors (Lipinski definition) is 5. The van der Waals surface area contributed by atoms with Gasteiger partial charge in [0.05, 0.1) is 11.0 Å². The molecular weight excluding hydrogens is 429 g/mol. The molecular formula is C22H31F3N2O5. The average molecular weight is 460 g/mol. The zero-order valence-electron chi connectivity index (χ0n) is 19.1. The summed E-state index contributed by atoms with van der Waals surface area (Å²) in [5, 5.41) is 9.19. The van der Waals surface area contributed by atoms with Crippen molar-refractivity contribution in [2.24, 2.45) is 5.41 Å². The Morgan fingerprint density at radius 3 is 2.09 bits per heavy atom. The van der Waals surface area contributed by atoms with E-state index in [1.54, 1.807) is 25.7 Å². The molecule has 2 rings (SSSR count). The number of amides is 1. The Labute approximate surface area is 186 Å². The van der Waals surface area contributed by atoms with Gasteiger partial charge in [0.2, 0.25) is 0 Å². The molecule has 1 saturated heterocycles. The molecule has 7 nitrogen and oxygen atoms in total. The maximum atomic E-state index is 13.4. The van der Waals surface area contributed by atoms with Gasteiger partial charge in [-0.3, -0.25) is 9.69 Å². The number of carboxylic acid groups (broad SMARTS) is 1. The number of carboxylic acids is 1. The maximum Gasteiger partial charge on any atom is 0.416 e. The van der Waals surface area contributed by atoms with Crippen LogP contribution in [0.15, 0.2) is 18.2 Å². The number of nitrogens with zero attached hydrogens (tertiary/aromatic N) is 2. The second-order valence-electron chi connectivity index (χ2n) is 9.58. The molecule has 1 heterocycles. The van der Waals surface area contributed by atoms with Crippen LogP contribution < -0.4 is 4.74 Å². The second-order valence-corrected chi connectivity index (χ2v) is 9.58. The molecule has 1 aliphatic rings. The molecule has 0 unspecified atom stereocenters. The van der Waals surface area contributed by atoms with Gasteiger partial charge >= 0.3 is 18.2 Å². The minimum Gasteiger partial charge on any atom is -0.492 e. The summed E-state index contributed by atoms with van der Waals surface area (Å²) >= 11 is 0. The van der Waals surface area contributed by atoms with Crippen LogP contribution in [0.3, 0.4) is 0 Å². The lowest BCUT2D eigenvalue weighted by Crippen LogP contribution is -2.49. The summed E-state index contributed by atoms with van der Waals surface area (Å²) in [6.07, 6.45) is -4.97. The summed E-state index contributed by atoms with van der Waals surface area (Å²) in [5.74, 6) is -1.14. The molecule has 1 fully saturated rings. The first-order chi connectivity index (χ1) is 14.6. The highest BCUT2D eigenvalue weighted by Gasteiger charge is 2.33. The summed E-state index contributed by atoms with van der Waals surface area (Å²) in [7, 11) is 0. The van der Waals surface area contributed by atoms with Crippen molar-refractivity contribution in [3.63, 3.8) is 0 Å². The van der Waals surface area contributed by atoms with Crippen molar-refractivity contribution in [1.29, 1.82) is 0 Å². The Kier molecular flexibility index (Phi) is 7.70. The van der Waals surface area contributed by atoms with E-state index in [1.165, 1.54) is 19.9 Å². The van der Waals surface area contributed by atoms with E-state index in [0.717, 1.165) is 12.1 Å². The van der Waals surface area contributed by atoms with Crippen LogP contribution in [-0.4, -0.2) is 65.4 Å². The van der Waals surface area contributed by atoms with Crippen LogP contribution >= 0.6 is 0 Å². The average Bonchev–Trinajstić information content (AvgIpc) is 2.64. The van der Waals surface area contributed by atoms with Gasteiger partial charge < -0.3 is 19.5 Å². The van der Waals surface area contributed by atoms with Gasteiger partial charge in [-0.25, -0.2) is 4.79 Å². The molecule has 0 spiro atoms. The Hall–Kier alpha value is -2.49. The fourth-order valence-corrected chi connectivity index (χ4v) is 3.00. The third-order valence-corrected chi connectivity index (χ3v) is 4.90. The van der Waals surface area contributed by atoms with Crippen LogP contribution in [-0.2, 0) is 22.3 Å². The highest BCUT2D eigenvalue weighted by molar-refractivity contribution is 5.73. The SMILES string of the molecule is CC(C)(C)OC(=O)N1CCN(Cc2cc(OCC(C)(C)C(=O)O)cc(C(F)(F)F)c2)CC1. The maximum absolute atomic E-state index is 13.4. The molecule has 1 aromatic carbocycles. The summed E-state index contributed by atoms with van der Waals surface area (Å²) in [4.78, 5) is 27.0. The molecule has 10 heteroatoms. The molecule has 0 radical (unpaired) electrons. The van der Waals surface area contributed by atoms with Gasteiger partial charge in [0.1, 0.15) is 18.0 Å². The zero-order valence-corrected chi connectivity index (χ0v) is 19.1. The van der Waals surface area contributed by atoms with Crippen LogP contribution in [0.25, 0.3) is 0 Å². The van der Waals surface area contributed by atoms with E-state index in [4.69, 9.17) is 9.47 Å². The Bertz CT molecular complexity index is 826. The van der Waals surface area contributed by atoms with E-state index in [2.05, 4.69) is 0 Å². The number of rotatable bonds is 6. The molecule has 0 saturated carbocycles. The summed E-state index contributed by atoms with van der Waals surface area (Å²) in [5.41, 5.74) is -2.30. The van der Waals surface area contributed by atoms with Gasteiger partial charge in [0.15, 0.2) is 0 Å². The molecule has 1 aromatic rings. The highest BCUT2D eigenvalue weighted by atomic mass is 19.4. The number of piperazine rings is 1. The highest BCUT2D eigenvalue weighted by Crippen LogP contribution is 2.33. The van der Waals surface area contributed by atoms with Gasteiger partial charge in [0.25, 0.3) is 0 Å². The molecule has 32 heavy (non-hydrogen) atoms. The number of ether oxygens (including phenoxy) is 2. The van der Waals surface area contributed by atoms with Crippen molar-refractivity contribution in [2.45, 2.75) is 52.9 Å². The molecule has 0 aliphatic carbocycles.